The fourth-order valence-electron chi connectivity index (χ4n) is 2.18. The molecule has 2 aromatic rings. The van der Waals surface area contributed by atoms with E-state index in [4.69, 9.17) is 4.74 Å². The number of hydrogen-bond donors (Lipinski definition) is 1. The SMILES string of the molecule is CCNC(c1cncc(OC)c1)c1ccc(F)c(C)c1. The molecule has 0 radical (unpaired) electrons. The van der Waals surface area contributed by atoms with Gasteiger partial charge < -0.3 is 10.1 Å². The van der Waals surface area contributed by atoms with Gasteiger partial charge in [0.1, 0.15) is 11.6 Å². The maximum Gasteiger partial charge on any atom is 0.137 e. The minimum absolute atomic E-state index is 0.0260. The molecule has 0 saturated carbocycles. The number of hydrogen-bond acceptors (Lipinski definition) is 3. The van der Waals surface area contributed by atoms with Crippen molar-refractivity contribution in [3.63, 3.8) is 0 Å². The molecule has 0 aliphatic carbocycles. The van der Waals surface area contributed by atoms with Gasteiger partial charge in [-0.1, -0.05) is 19.1 Å². The van der Waals surface area contributed by atoms with Crippen molar-refractivity contribution in [2.45, 2.75) is 19.9 Å². The Hall–Kier alpha value is -1.94. The molecule has 1 atom stereocenters. The molecule has 4 heteroatoms. The van der Waals surface area contributed by atoms with E-state index in [9.17, 15) is 4.39 Å². The van der Waals surface area contributed by atoms with Gasteiger partial charge in [0.05, 0.1) is 19.3 Å². The maximum atomic E-state index is 13.4. The van der Waals surface area contributed by atoms with Crippen LogP contribution in [-0.4, -0.2) is 18.6 Å². The molecule has 1 heterocycles. The van der Waals surface area contributed by atoms with Crippen molar-refractivity contribution < 1.29 is 9.13 Å². The van der Waals surface area contributed by atoms with Gasteiger partial charge in [-0.15, -0.1) is 0 Å². The number of halogens is 1. The minimum atomic E-state index is -0.187. The van der Waals surface area contributed by atoms with Crippen molar-refractivity contribution in [3.05, 3.63) is 59.2 Å². The fraction of sp³-hybridized carbons (Fsp3) is 0.312. The number of aryl methyl sites for hydroxylation is 1. The summed E-state index contributed by atoms with van der Waals surface area (Å²) in [7, 11) is 1.62. The van der Waals surface area contributed by atoms with Crippen LogP contribution in [0.1, 0.15) is 29.7 Å². The summed E-state index contributed by atoms with van der Waals surface area (Å²) in [6.45, 7) is 4.61. The lowest BCUT2D eigenvalue weighted by atomic mass is 9.98. The van der Waals surface area contributed by atoms with Crippen LogP contribution in [0.2, 0.25) is 0 Å². The van der Waals surface area contributed by atoms with Crippen molar-refractivity contribution in [1.82, 2.24) is 10.3 Å². The van der Waals surface area contributed by atoms with E-state index in [-0.39, 0.29) is 11.9 Å². The van der Waals surface area contributed by atoms with E-state index in [1.165, 1.54) is 6.07 Å². The zero-order chi connectivity index (χ0) is 14.5. The van der Waals surface area contributed by atoms with Crippen molar-refractivity contribution in [1.29, 1.82) is 0 Å². The number of rotatable bonds is 5. The molecule has 0 amide bonds. The first-order chi connectivity index (χ1) is 9.65. The highest BCUT2D eigenvalue weighted by atomic mass is 19.1. The van der Waals surface area contributed by atoms with Gasteiger partial charge in [0.2, 0.25) is 0 Å². The van der Waals surface area contributed by atoms with E-state index in [0.717, 1.165) is 17.7 Å². The second kappa shape index (κ2) is 6.48. The Balaban J connectivity index is 2.41. The Morgan fingerprint density at radius 2 is 2.05 bits per heavy atom. The summed E-state index contributed by atoms with van der Waals surface area (Å²) in [5.74, 6) is 0.525. The third-order valence-corrected chi connectivity index (χ3v) is 3.23. The largest absolute Gasteiger partial charge is 0.495 e. The van der Waals surface area contributed by atoms with Crippen LogP contribution in [-0.2, 0) is 0 Å². The predicted octanol–water partition coefficient (Wildman–Crippen LogP) is 3.24. The molecule has 1 N–H and O–H groups in total. The number of methoxy groups -OCH3 is 1. The Bertz CT molecular complexity index is 586. The van der Waals surface area contributed by atoms with Crippen LogP contribution in [0.4, 0.5) is 4.39 Å². The zero-order valence-corrected chi connectivity index (χ0v) is 12.0. The molecule has 0 aliphatic heterocycles. The molecule has 20 heavy (non-hydrogen) atoms. The molecule has 1 unspecified atom stereocenters. The molecule has 1 aromatic heterocycles. The van der Waals surface area contributed by atoms with Crippen LogP contribution in [0.25, 0.3) is 0 Å². The van der Waals surface area contributed by atoms with Crippen LogP contribution in [0, 0.1) is 12.7 Å². The minimum Gasteiger partial charge on any atom is -0.495 e. The smallest absolute Gasteiger partial charge is 0.137 e. The molecule has 0 spiro atoms. The zero-order valence-electron chi connectivity index (χ0n) is 12.0. The highest BCUT2D eigenvalue weighted by molar-refractivity contribution is 5.36. The summed E-state index contributed by atoms with van der Waals surface area (Å²) in [6.07, 6.45) is 3.47. The Kier molecular flexibility index (Phi) is 4.69. The molecule has 0 bridgehead atoms. The number of nitrogens with zero attached hydrogens (tertiary/aromatic N) is 1. The van der Waals surface area contributed by atoms with Crippen LogP contribution < -0.4 is 10.1 Å². The van der Waals surface area contributed by atoms with E-state index in [2.05, 4.69) is 10.3 Å². The fourth-order valence-corrected chi connectivity index (χ4v) is 2.18. The Morgan fingerprint density at radius 1 is 1.25 bits per heavy atom. The normalized spacial score (nSPS) is 12.2. The highest BCUT2D eigenvalue weighted by Crippen LogP contribution is 2.25. The lowest BCUT2D eigenvalue weighted by Crippen LogP contribution is -2.22. The summed E-state index contributed by atoms with van der Waals surface area (Å²) in [4.78, 5) is 4.19. The van der Waals surface area contributed by atoms with Gasteiger partial charge >= 0.3 is 0 Å². The number of ether oxygens (including phenoxy) is 1. The quantitative estimate of drug-likeness (QED) is 0.909. The predicted molar refractivity (Wildman–Crippen MR) is 77.4 cm³/mol. The van der Waals surface area contributed by atoms with Gasteiger partial charge in [-0.25, -0.2) is 4.39 Å². The van der Waals surface area contributed by atoms with E-state index >= 15 is 0 Å². The standard InChI is InChI=1S/C16H19FN2O/c1-4-19-16(12-5-6-15(17)11(2)7-12)13-8-14(20-3)10-18-9-13/h5-10,16,19H,4H2,1-3H3. The van der Waals surface area contributed by atoms with Gasteiger partial charge in [-0.05, 0) is 42.3 Å². The number of aromatic nitrogens is 1. The lowest BCUT2D eigenvalue weighted by molar-refractivity contribution is 0.411. The first kappa shape index (κ1) is 14.5. The van der Waals surface area contributed by atoms with Crippen molar-refractivity contribution in [2.75, 3.05) is 13.7 Å². The van der Waals surface area contributed by atoms with Crippen LogP contribution >= 0.6 is 0 Å². The topological polar surface area (TPSA) is 34.2 Å². The molecular weight excluding hydrogens is 255 g/mol. The van der Waals surface area contributed by atoms with E-state index in [1.807, 2.05) is 19.1 Å². The van der Waals surface area contributed by atoms with Crippen LogP contribution in [0.5, 0.6) is 5.75 Å². The molecule has 0 fully saturated rings. The second-order valence-electron chi connectivity index (χ2n) is 4.66. The third-order valence-electron chi connectivity index (χ3n) is 3.23. The van der Waals surface area contributed by atoms with E-state index in [1.54, 1.807) is 32.5 Å². The molecule has 2 rings (SSSR count). The summed E-state index contributed by atoms with van der Waals surface area (Å²) in [5, 5.41) is 3.40. The molecule has 1 aromatic carbocycles. The van der Waals surface area contributed by atoms with Crippen molar-refractivity contribution in [2.24, 2.45) is 0 Å². The third kappa shape index (κ3) is 3.14. The van der Waals surface area contributed by atoms with Gasteiger partial charge in [-0.2, -0.15) is 0 Å². The highest BCUT2D eigenvalue weighted by Gasteiger charge is 2.15. The molecule has 0 aliphatic rings. The lowest BCUT2D eigenvalue weighted by Gasteiger charge is -2.19. The molecule has 3 nitrogen and oxygen atoms in total. The number of pyridine rings is 1. The Labute approximate surface area is 118 Å². The summed E-state index contributed by atoms with van der Waals surface area (Å²) in [6, 6.07) is 7.08. The summed E-state index contributed by atoms with van der Waals surface area (Å²) < 4.78 is 18.6. The maximum absolute atomic E-state index is 13.4. The van der Waals surface area contributed by atoms with Crippen LogP contribution in [0.3, 0.4) is 0 Å². The molecule has 106 valence electrons. The average molecular weight is 274 g/mol. The summed E-state index contributed by atoms with van der Waals surface area (Å²) in [5.41, 5.74) is 2.65. The van der Waals surface area contributed by atoms with Crippen LogP contribution in [0.15, 0.2) is 36.7 Å². The number of nitrogens with one attached hydrogen (secondary N) is 1. The van der Waals surface area contributed by atoms with E-state index < -0.39 is 0 Å². The van der Waals surface area contributed by atoms with Gasteiger partial charge in [-0.3, -0.25) is 4.98 Å². The molecule has 0 saturated heterocycles. The van der Waals surface area contributed by atoms with Gasteiger partial charge in [0, 0.05) is 6.20 Å². The Morgan fingerprint density at radius 3 is 2.70 bits per heavy atom. The van der Waals surface area contributed by atoms with Crippen molar-refractivity contribution >= 4 is 0 Å². The first-order valence-corrected chi connectivity index (χ1v) is 6.64. The average Bonchev–Trinajstić information content (AvgIpc) is 2.48. The number of benzene rings is 1. The van der Waals surface area contributed by atoms with Gasteiger partial charge in [0.25, 0.3) is 0 Å². The first-order valence-electron chi connectivity index (χ1n) is 6.64. The van der Waals surface area contributed by atoms with Gasteiger partial charge in [0.15, 0.2) is 0 Å². The summed E-state index contributed by atoms with van der Waals surface area (Å²) >= 11 is 0. The monoisotopic (exact) mass is 274 g/mol. The molecular formula is C16H19FN2O. The van der Waals surface area contributed by atoms with E-state index in [0.29, 0.717) is 11.3 Å². The van der Waals surface area contributed by atoms with Crippen molar-refractivity contribution in [3.8, 4) is 5.75 Å². The second-order valence-corrected chi connectivity index (χ2v) is 4.66.